The minimum atomic E-state index is -0.458. The van der Waals surface area contributed by atoms with E-state index < -0.39 is 5.82 Å². The van der Waals surface area contributed by atoms with Gasteiger partial charge in [-0.05, 0) is 48.0 Å². The maximum absolute atomic E-state index is 14.4. The molecule has 6 heteroatoms. The van der Waals surface area contributed by atoms with Crippen molar-refractivity contribution in [3.63, 3.8) is 0 Å². The third kappa shape index (κ3) is 3.44. The molecule has 0 atom stereocenters. The van der Waals surface area contributed by atoms with Gasteiger partial charge in [-0.3, -0.25) is 9.69 Å². The highest BCUT2D eigenvalue weighted by molar-refractivity contribution is 6.36. The molecule has 0 unspecified atom stereocenters. The van der Waals surface area contributed by atoms with Crippen molar-refractivity contribution in [3.8, 4) is 0 Å². The number of carbonyl (C=O) groups excluding carboxylic acids is 1. The van der Waals surface area contributed by atoms with Gasteiger partial charge in [-0.2, -0.15) is 0 Å². The van der Waals surface area contributed by atoms with Crippen LogP contribution in [-0.4, -0.2) is 11.7 Å². The van der Waals surface area contributed by atoms with E-state index in [1.807, 2.05) is 6.07 Å². The van der Waals surface area contributed by atoms with Crippen LogP contribution in [0.15, 0.2) is 83.5 Å². The van der Waals surface area contributed by atoms with Crippen LogP contribution in [0.1, 0.15) is 11.1 Å². The highest BCUT2D eigenvalue weighted by atomic mass is 35.5. The number of halogens is 3. The molecule has 0 aromatic heterocycles. The number of nitrogens with zero attached hydrogens (tertiary/aromatic N) is 2. The lowest BCUT2D eigenvalue weighted by molar-refractivity contribution is -0.113. The van der Waals surface area contributed by atoms with E-state index in [-0.39, 0.29) is 23.0 Å². The lowest BCUT2D eigenvalue weighted by Crippen LogP contribution is -2.33. The van der Waals surface area contributed by atoms with Gasteiger partial charge in [0.15, 0.2) is 5.84 Å². The first-order valence-electron chi connectivity index (χ1n) is 8.44. The number of hydrogen-bond acceptors (Lipinski definition) is 2. The smallest absolute Gasteiger partial charge is 0.266 e. The van der Waals surface area contributed by atoms with Crippen LogP contribution >= 0.6 is 23.2 Å². The highest BCUT2D eigenvalue weighted by Crippen LogP contribution is 2.30. The molecule has 138 valence electrons. The molecule has 3 aromatic rings. The number of aliphatic imine (C=N–C) groups is 1. The number of carbonyl (C=O) groups is 1. The molecule has 0 aliphatic carbocycles. The molecule has 1 aliphatic heterocycles. The molecule has 3 nitrogen and oxygen atoms in total. The van der Waals surface area contributed by atoms with Crippen molar-refractivity contribution in [2.75, 3.05) is 4.90 Å². The molecule has 0 radical (unpaired) electrons. The van der Waals surface area contributed by atoms with E-state index in [4.69, 9.17) is 23.2 Å². The number of rotatable bonds is 3. The zero-order chi connectivity index (χ0) is 19.7. The van der Waals surface area contributed by atoms with Crippen LogP contribution in [0, 0.1) is 5.82 Å². The Hall–Kier alpha value is -2.95. The number of amidine groups is 1. The van der Waals surface area contributed by atoms with Crippen LogP contribution in [0.5, 0.6) is 0 Å². The van der Waals surface area contributed by atoms with E-state index in [1.165, 1.54) is 11.0 Å². The fourth-order valence-corrected chi connectivity index (χ4v) is 3.39. The highest BCUT2D eigenvalue weighted by Gasteiger charge is 2.33. The fourth-order valence-electron chi connectivity index (χ4n) is 2.92. The maximum Gasteiger partial charge on any atom is 0.282 e. The SMILES string of the molecule is O=C1/C(=C\c2ccc(Cl)cc2Cl)N=C(c2ccccc2F)N1c1ccccc1. The monoisotopic (exact) mass is 410 g/mol. The van der Waals surface area contributed by atoms with E-state index >= 15 is 0 Å². The second-order valence-corrected chi connectivity index (χ2v) is 6.93. The third-order valence-corrected chi connectivity index (χ3v) is 4.81. The Kier molecular flexibility index (Phi) is 4.99. The summed E-state index contributed by atoms with van der Waals surface area (Å²) < 4.78 is 14.4. The summed E-state index contributed by atoms with van der Waals surface area (Å²) in [7, 11) is 0. The second kappa shape index (κ2) is 7.58. The molecule has 0 N–H and O–H groups in total. The molecular weight excluding hydrogens is 398 g/mol. The molecule has 3 aromatic carbocycles. The maximum atomic E-state index is 14.4. The molecule has 0 spiro atoms. The predicted molar refractivity (Wildman–Crippen MR) is 111 cm³/mol. The van der Waals surface area contributed by atoms with Crippen LogP contribution in [0.4, 0.5) is 10.1 Å². The number of hydrogen-bond donors (Lipinski definition) is 0. The van der Waals surface area contributed by atoms with Gasteiger partial charge in [0, 0.05) is 10.0 Å². The van der Waals surface area contributed by atoms with Gasteiger partial charge in [0.05, 0.1) is 11.3 Å². The normalized spacial score (nSPS) is 15.2. The Morgan fingerprint density at radius 1 is 0.929 bits per heavy atom. The van der Waals surface area contributed by atoms with Gasteiger partial charge in [0.2, 0.25) is 0 Å². The Bertz CT molecular complexity index is 1130. The summed E-state index contributed by atoms with van der Waals surface area (Å²) in [6.45, 7) is 0. The average molecular weight is 411 g/mol. The van der Waals surface area contributed by atoms with Gasteiger partial charge in [0.25, 0.3) is 5.91 Å². The summed E-state index contributed by atoms with van der Waals surface area (Å²) in [4.78, 5) is 19.0. The fraction of sp³-hybridized carbons (Fsp3) is 0. The number of benzene rings is 3. The quantitative estimate of drug-likeness (QED) is 0.489. The molecule has 1 aliphatic rings. The molecule has 0 fully saturated rings. The lowest BCUT2D eigenvalue weighted by atomic mass is 10.1. The second-order valence-electron chi connectivity index (χ2n) is 6.09. The lowest BCUT2D eigenvalue weighted by Gasteiger charge is -2.18. The summed E-state index contributed by atoms with van der Waals surface area (Å²) >= 11 is 12.2. The molecule has 0 saturated carbocycles. The van der Waals surface area contributed by atoms with Crippen molar-refractivity contribution >= 4 is 46.7 Å². The zero-order valence-electron chi connectivity index (χ0n) is 14.4. The Morgan fingerprint density at radius 3 is 2.36 bits per heavy atom. The summed E-state index contributed by atoms with van der Waals surface area (Å²) in [5.74, 6) is -0.595. The first kappa shape index (κ1) is 18.4. The van der Waals surface area contributed by atoms with Crippen molar-refractivity contribution < 1.29 is 9.18 Å². The molecule has 1 heterocycles. The van der Waals surface area contributed by atoms with Gasteiger partial charge >= 0.3 is 0 Å². The van der Waals surface area contributed by atoms with E-state index in [0.717, 1.165) is 0 Å². The molecule has 0 bridgehead atoms. The van der Waals surface area contributed by atoms with Crippen LogP contribution in [0.25, 0.3) is 6.08 Å². The predicted octanol–water partition coefficient (Wildman–Crippen LogP) is 5.97. The Balaban J connectivity index is 1.86. The van der Waals surface area contributed by atoms with E-state index in [1.54, 1.807) is 66.7 Å². The zero-order valence-corrected chi connectivity index (χ0v) is 16.0. The van der Waals surface area contributed by atoms with E-state index in [9.17, 15) is 9.18 Å². The van der Waals surface area contributed by atoms with Crippen LogP contribution in [0.2, 0.25) is 10.0 Å². The van der Waals surface area contributed by atoms with Crippen LogP contribution in [-0.2, 0) is 4.79 Å². The number of para-hydroxylation sites is 1. The minimum absolute atomic E-state index is 0.159. The van der Waals surface area contributed by atoms with Crippen molar-refractivity contribution in [2.24, 2.45) is 4.99 Å². The summed E-state index contributed by atoms with van der Waals surface area (Å²) in [5.41, 5.74) is 1.60. The summed E-state index contributed by atoms with van der Waals surface area (Å²) in [6.07, 6.45) is 1.57. The van der Waals surface area contributed by atoms with Crippen LogP contribution in [0.3, 0.4) is 0 Å². The van der Waals surface area contributed by atoms with Gasteiger partial charge in [-0.1, -0.05) is 59.6 Å². The van der Waals surface area contributed by atoms with Crippen molar-refractivity contribution in [2.45, 2.75) is 0 Å². The third-order valence-electron chi connectivity index (χ3n) is 4.24. The minimum Gasteiger partial charge on any atom is -0.266 e. The van der Waals surface area contributed by atoms with E-state index in [0.29, 0.717) is 21.3 Å². The summed E-state index contributed by atoms with van der Waals surface area (Å²) in [5, 5.41) is 0.889. The molecule has 0 saturated heterocycles. The first-order valence-corrected chi connectivity index (χ1v) is 9.20. The molecule has 1 amide bonds. The first-order chi connectivity index (χ1) is 13.5. The standard InChI is InChI=1S/C22H13Cl2FN2O/c23-15-11-10-14(18(24)13-15)12-20-22(28)27(16-6-2-1-3-7-16)21(26-20)17-8-4-5-9-19(17)25/h1-13H/b20-12+. The number of amides is 1. The average Bonchev–Trinajstić information content (AvgIpc) is 3.01. The van der Waals surface area contributed by atoms with Crippen molar-refractivity contribution in [1.29, 1.82) is 0 Å². The largest absolute Gasteiger partial charge is 0.282 e. The molecule has 4 rings (SSSR count). The molecular formula is C22H13Cl2FN2O. The van der Waals surface area contributed by atoms with Gasteiger partial charge in [-0.15, -0.1) is 0 Å². The van der Waals surface area contributed by atoms with Crippen LogP contribution < -0.4 is 4.90 Å². The number of anilines is 1. The van der Waals surface area contributed by atoms with E-state index in [2.05, 4.69) is 4.99 Å². The Labute approximate surface area is 171 Å². The summed E-state index contributed by atoms with van der Waals surface area (Å²) in [6, 6.07) is 20.2. The van der Waals surface area contributed by atoms with Gasteiger partial charge in [-0.25, -0.2) is 9.38 Å². The van der Waals surface area contributed by atoms with Crippen molar-refractivity contribution in [3.05, 3.63) is 105 Å². The van der Waals surface area contributed by atoms with Crippen molar-refractivity contribution in [1.82, 2.24) is 0 Å². The van der Waals surface area contributed by atoms with Gasteiger partial charge in [0.1, 0.15) is 11.5 Å². The van der Waals surface area contributed by atoms with Gasteiger partial charge < -0.3 is 0 Å². The Morgan fingerprint density at radius 2 is 1.64 bits per heavy atom. The molecule has 28 heavy (non-hydrogen) atoms. The topological polar surface area (TPSA) is 32.7 Å².